The fourth-order valence-corrected chi connectivity index (χ4v) is 4.96. The van der Waals surface area contributed by atoms with E-state index in [1.807, 2.05) is 60.7 Å². The summed E-state index contributed by atoms with van der Waals surface area (Å²) in [7, 11) is 0. The summed E-state index contributed by atoms with van der Waals surface area (Å²) in [4.78, 5) is 40.8. The van der Waals surface area contributed by atoms with Crippen molar-refractivity contribution >= 4 is 17.9 Å². The quantitative estimate of drug-likeness (QED) is 0.0977. The average molecular weight is 801 g/mol. The van der Waals surface area contributed by atoms with Crippen LogP contribution in [0.4, 0.5) is 0 Å². The van der Waals surface area contributed by atoms with Gasteiger partial charge in [0.2, 0.25) is 0 Å². The SMILES string of the molecule is O.O.O.O.O.O.O=C(O)C1C[C@@H](C(=O)[O-])C[C@@H](C(=O)[O-])C1.[Fe+2].c1cc(-c2cc[nH]n2)nc(-c2cc[nH]n2)c1.c1cc(-c2cc[nH]n2)nc(-c2cc[nH]n2)c1. The molecule has 3 atom stereocenters. The Morgan fingerprint density at radius 1 is 0.481 bits per heavy atom. The Hall–Kier alpha value is -6.17. The van der Waals surface area contributed by atoms with Gasteiger partial charge in [-0.25, -0.2) is 9.97 Å². The molecule has 0 radical (unpaired) electrons. The summed E-state index contributed by atoms with van der Waals surface area (Å²) in [6.45, 7) is 0. The standard InChI is InChI=1S/2C11H9N5.C9H12O6.Fe.6H2O/c2*1-2-8(10-4-6-12-15-10)14-9(3-1)11-5-7-13-16-11;10-7(11)4-1-5(8(12)13)3-6(2-4)9(14)15;;;;;;;/h2*1-7H,(H,12,15)(H,13,16);4-6H,1-3H2,(H,10,11)(H,12,13)(H,14,15);;6*1H2/q;;;+2;;;;;;/p-2. The first kappa shape index (κ1) is 52.2. The van der Waals surface area contributed by atoms with Crippen LogP contribution in [0.3, 0.4) is 0 Å². The number of nitrogens with one attached hydrogen (secondary N) is 4. The summed E-state index contributed by atoms with van der Waals surface area (Å²) in [5, 5.41) is 57.3. The molecule has 54 heavy (non-hydrogen) atoms. The maximum atomic E-state index is 10.7. The van der Waals surface area contributed by atoms with Crippen LogP contribution in [0.25, 0.3) is 45.6 Å². The zero-order valence-corrected chi connectivity index (χ0v) is 29.1. The number of aromatic amines is 4. The van der Waals surface area contributed by atoms with Crippen LogP contribution >= 0.6 is 0 Å². The number of H-pyrrole nitrogens is 4. The Labute approximate surface area is 315 Å². The summed E-state index contributed by atoms with van der Waals surface area (Å²) in [6.07, 6.45) is 6.87. The van der Waals surface area contributed by atoms with Crippen LogP contribution in [0.1, 0.15) is 19.3 Å². The Kier molecular flexibility index (Phi) is 24.1. The van der Waals surface area contributed by atoms with E-state index in [0.717, 1.165) is 45.6 Å². The van der Waals surface area contributed by atoms with Gasteiger partial charge in [-0.1, -0.05) is 12.1 Å². The normalized spacial score (nSPS) is 14.8. The van der Waals surface area contributed by atoms with E-state index in [9.17, 15) is 24.6 Å². The van der Waals surface area contributed by atoms with E-state index >= 15 is 0 Å². The summed E-state index contributed by atoms with van der Waals surface area (Å²) in [5.41, 5.74) is 6.66. The zero-order chi connectivity index (χ0) is 33.2. The van der Waals surface area contributed by atoms with E-state index < -0.39 is 35.7 Å². The molecule has 6 heterocycles. The molecule has 0 aromatic carbocycles. The first-order chi connectivity index (χ1) is 22.8. The number of nitrogens with zero attached hydrogens (tertiary/aromatic N) is 6. The van der Waals surface area contributed by atoms with Gasteiger partial charge in [0, 0.05) is 36.7 Å². The van der Waals surface area contributed by atoms with Gasteiger partial charge in [-0.2, -0.15) is 20.4 Å². The van der Waals surface area contributed by atoms with Crippen molar-refractivity contribution in [3.8, 4) is 45.6 Å². The molecule has 6 aromatic rings. The van der Waals surface area contributed by atoms with Gasteiger partial charge >= 0.3 is 23.0 Å². The van der Waals surface area contributed by atoms with Crippen LogP contribution in [0.2, 0.25) is 0 Å². The maximum absolute atomic E-state index is 10.7. The molecule has 0 bridgehead atoms. The van der Waals surface area contributed by atoms with Gasteiger partial charge < -0.3 is 57.8 Å². The predicted molar refractivity (Wildman–Crippen MR) is 182 cm³/mol. The van der Waals surface area contributed by atoms with Gasteiger partial charge in [0.15, 0.2) is 0 Å². The van der Waals surface area contributed by atoms with Gasteiger partial charge in [-0.15, -0.1) is 0 Å². The number of hydrogen-bond donors (Lipinski definition) is 5. The summed E-state index contributed by atoms with van der Waals surface area (Å²) in [5.74, 6) is -6.93. The van der Waals surface area contributed by atoms with Gasteiger partial charge in [-0.3, -0.25) is 25.2 Å². The Morgan fingerprint density at radius 3 is 0.944 bits per heavy atom. The monoisotopic (exact) mass is 800 g/mol. The third kappa shape index (κ3) is 13.8. The molecule has 22 nitrogen and oxygen atoms in total. The van der Waals surface area contributed by atoms with Crippen LogP contribution in [-0.2, 0) is 31.5 Å². The van der Waals surface area contributed by atoms with Crippen molar-refractivity contribution in [3.05, 3.63) is 85.5 Å². The summed E-state index contributed by atoms with van der Waals surface area (Å²) in [6, 6.07) is 19.1. The first-order valence-corrected chi connectivity index (χ1v) is 14.4. The molecule has 6 aromatic heterocycles. The molecule has 1 fully saturated rings. The minimum atomic E-state index is -1.40. The van der Waals surface area contributed by atoms with E-state index in [1.54, 1.807) is 24.8 Å². The number of aromatic nitrogens is 10. The van der Waals surface area contributed by atoms with Crippen LogP contribution in [-0.4, -0.2) is 107 Å². The minimum absolute atomic E-state index is 0. The molecule has 7 rings (SSSR count). The van der Waals surface area contributed by atoms with Crippen LogP contribution in [0.5, 0.6) is 0 Å². The van der Waals surface area contributed by atoms with E-state index in [1.165, 1.54) is 0 Å². The molecule has 1 aliphatic rings. The first-order valence-electron chi connectivity index (χ1n) is 14.4. The smallest absolute Gasteiger partial charge is 0.550 e. The molecular formula is C31H40FeN10O12. The number of carboxylic acid groups (broad SMARTS) is 3. The second kappa shape index (κ2) is 24.9. The maximum Gasteiger partial charge on any atom is 2.00 e. The number of pyridine rings is 2. The number of carbonyl (C=O) groups is 3. The number of rotatable bonds is 7. The fourth-order valence-electron chi connectivity index (χ4n) is 4.96. The third-order valence-electron chi connectivity index (χ3n) is 7.27. The molecule has 23 heteroatoms. The van der Waals surface area contributed by atoms with E-state index in [-0.39, 0.29) is 69.2 Å². The topological polar surface area (TPSA) is 447 Å². The molecule has 0 amide bonds. The molecule has 1 unspecified atom stereocenters. The minimum Gasteiger partial charge on any atom is -0.550 e. The van der Waals surface area contributed by atoms with Crippen molar-refractivity contribution in [2.24, 2.45) is 17.8 Å². The van der Waals surface area contributed by atoms with E-state index in [0.29, 0.717) is 0 Å². The molecule has 1 aliphatic carbocycles. The van der Waals surface area contributed by atoms with Gasteiger partial charge in [-0.05, 0) is 79.6 Å². The molecular weight excluding hydrogens is 760 g/mol. The van der Waals surface area contributed by atoms with Crippen LogP contribution < -0.4 is 10.2 Å². The molecule has 0 aliphatic heterocycles. The molecule has 294 valence electrons. The van der Waals surface area contributed by atoms with Crippen molar-refractivity contribution in [2.75, 3.05) is 0 Å². The second-order valence-corrected chi connectivity index (χ2v) is 10.4. The second-order valence-electron chi connectivity index (χ2n) is 10.4. The van der Waals surface area contributed by atoms with E-state index in [4.69, 9.17) is 5.11 Å². The van der Waals surface area contributed by atoms with Crippen molar-refractivity contribution in [1.82, 2.24) is 50.8 Å². The molecule has 1 saturated carbocycles. The van der Waals surface area contributed by atoms with Crippen LogP contribution in [0.15, 0.2) is 85.5 Å². The number of carboxylic acids is 3. The van der Waals surface area contributed by atoms with Gasteiger partial charge in [0.05, 0.1) is 28.7 Å². The number of hydrogen-bond acceptors (Lipinski definition) is 11. The van der Waals surface area contributed by atoms with Crippen molar-refractivity contribution in [1.29, 1.82) is 0 Å². The fraction of sp³-hybridized carbons (Fsp3) is 0.194. The summed E-state index contributed by atoms with van der Waals surface area (Å²) >= 11 is 0. The zero-order valence-electron chi connectivity index (χ0n) is 28.0. The van der Waals surface area contributed by atoms with E-state index in [2.05, 4.69) is 50.8 Å². The number of carbonyl (C=O) groups excluding carboxylic acids is 2. The van der Waals surface area contributed by atoms with Crippen molar-refractivity contribution in [2.45, 2.75) is 19.3 Å². The van der Waals surface area contributed by atoms with Crippen LogP contribution in [0, 0.1) is 17.8 Å². The summed E-state index contributed by atoms with van der Waals surface area (Å²) < 4.78 is 0. The van der Waals surface area contributed by atoms with Crippen molar-refractivity contribution < 1.29 is 79.6 Å². The Morgan fingerprint density at radius 2 is 0.741 bits per heavy atom. The predicted octanol–water partition coefficient (Wildman–Crippen LogP) is -3.62. The molecule has 0 saturated heterocycles. The molecule has 0 spiro atoms. The van der Waals surface area contributed by atoms with Crippen molar-refractivity contribution in [3.63, 3.8) is 0 Å². The van der Waals surface area contributed by atoms with Gasteiger partial charge in [0.1, 0.15) is 22.8 Å². The molecule has 17 N–H and O–H groups in total. The largest absolute Gasteiger partial charge is 2.00 e. The Bertz CT molecular complexity index is 1640. The average Bonchev–Trinajstić information content (AvgIpc) is 3.93. The van der Waals surface area contributed by atoms with Gasteiger partial charge in [0.25, 0.3) is 0 Å². The Balaban J connectivity index is -0.000000679. The third-order valence-corrected chi connectivity index (χ3v) is 7.27. The number of aliphatic carboxylic acids is 3.